The summed E-state index contributed by atoms with van der Waals surface area (Å²) < 4.78 is 0. The van der Waals surface area contributed by atoms with Crippen LogP contribution in [0.2, 0.25) is 0 Å². The summed E-state index contributed by atoms with van der Waals surface area (Å²) in [5.41, 5.74) is 5.31. The molecule has 2 aromatic rings. The Bertz CT molecular complexity index is 895. The fourth-order valence-electron chi connectivity index (χ4n) is 3.51. The smallest absolute Gasteiger partial charge is 0.129 e. The molecule has 4 heteroatoms. The van der Waals surface area contributed by atoms with Crippen LogP contribution in [0.3, 0.4) is 0 Å². The molecule has 0 fully saturated rings. The molecule has 2 aromatic carbocycles. The summed E-state index contributed by atoms with van der Waals surface area (Å²) in [5.74, 6) is 0.557. The summed E-state index contributed by atoms with van der Waals surface area (Å²) >= 11 is 0. The Morgan fingerprint density at radius 1 is 0.677 bits per heavy atom. The Hall–Kier alpha value is -2.62. The predicted octanol–water partition coefficient (Wildman–Crippen LogP) is 6.31. The van der Waals surface area contributed by atoms with Gasteiger partial charge >= 0.3 is 0 Å². The standard InChI is InChI=1S/C27H38N2O2/c1-9-18-11-20(24(30)22(13-18)26(3,4)5)15-28-17-29-16-21-12-19(10-2)14-23(25(21)31)27(6,7)8/h11-16,30-31H,9-10,17H2,1-8H3. The van der Waals surface area contributed by atoms with E-state index in [0.29, 0.717) is 11.1 Å². The van der Waals surface area contributed by atoms with Gasteiger partial charge in [-0.2, -0.15) is 0 Å². The van der Waals surface area contributed by atoms with E-state index < -0.39 is 0 Å². The van der Waals surface area contributed by atoms with Crippen LogP contribution in [-0.2, 0) is 23.7 Å². The van der Waals surface area contributed by atoms with E-state index in [2.05, 4.69) is 77.5 Å². The van der Waals surface area contributed by atoms with Gasteiger partial charge in [0.05, 0.1) is 0 Å². The van der Waals surface area contributed by atoms with E-state index in [1.807, 2.05) is 12.1 Å². The van der Waals surface area contributed by atoms with Crippen LogP contribution < -0.4 is 0 Å². The van der Waals surface area contributed by atoms with Crippen LogP contribution in [0.4, 0.5) is 0 Å². The Balaban J connectivity index is 2.26. The molecule has 0 saturated heterocycles. The molecule has 0 amide bonds. The number of aliphatic imine (C=N–C) groups is 2. The normalized spacial score (nSPS) is 12.9. The van der Waals surface area contributed by atoms with E-state index in [1.54, 1.807) is 12.4 Å². The van der Waals surface area contributed by atoms with E-state index in [-0.39, 0.29) is 29.0 Å². The van der Waals surface area contributed by atoms with Crippen LogP contribution in [0.15, 0.2) is 34.3 Å². The highest BCUT2D eigenvalue weighted by atomic mass is 16.3. The first kappa shape index (κ1) is 24.6. The lowest BCUT2D eigenvalue weighted by atomic mass is 9.84. The second-order valence-corrected chi connectivity index (χ2v) is 10.1. The Morgan fingerprint density at radius 3 is 1.32 bits per heavy atom. The molecule has 4 nitrogen and oxygen atoms in total. The number of rotatable bonds is 6. The molecule has 0 saturated carbocycles. The van der Waals surface area contributed by atoms with Crippen LogP contribution in [0.1, 0.15) is 88.8 Å². The van der Waals surface area contributed by atoms with Gasteiger partial charge < -0.3 is 10.2 Å². The first-order chi connectivity index (χ1) is 14.4. The molecule has 0 bridgehead atoms. The molecule has 0 unspecified atom stereocenters. The summed E-state index contributed by atoms with van der Waals surface area (Å²) in [7, 11) is 0. The number of phenols is 2. The molecule has 0 heterocycles. The number of hydrogen-bond donors (Lipinski definition) is 2. The summed E-state index contributed by atoms with van der Waals surface area (Å²) in [4.78, 5) is 8.79. The van der Waals surface area contributed by atoms with Crippen molar-refractivity contribution in [3.8, 4) is 11.5 Å². The quantitative estimate of drug-likeness (QED) is 0.536. The molecule has 0 radical (unpaired) electrons. The van der Waals surface area contributed by atoms with E-state index in [9.17, 15) is 10.2 Å². The highest BCUT2D eigenvalue weighted by molar-refractivity contribution is 5.86. The summed E-state index contributed by atoms with van der Waals surface area (Å²) in [6.45, 7) is 17.0. The van der Waals surface area contributed by atoms with Crippen molar-refractivity contribution in [3.63, 3.8) is 0 Å². The predicted molar refractivity (Wildman–Crippen MR) is 132 cm³/mol. The van der Waals surface area contributed by atoms with Crippen LogP contribution in [0.25, 0.3) is 0 Å². The average Bonchev–Trinajstić information content (AvgIpc) is 2.68. The van der Waals surface area contributed by atoms with Crippen molar-refractivity contribution in [2.45, 2.75) is 79.1 Å². The molecule has 0 aromatic heterocycles. The topological polar surface area (TPSA) is 65.2 Å². The zero-order valence-electron chi connectivity index (χ0n) is 20.4. The van der Waals surface area contributed by atoms with Crippen molar-refractivity contribution in [1.82, 2.24) is 0 Å². The Morgan fingerprint density at radius 2 is 1.03 bits per heavy atom. The molecule has 2 N–H and O–H groups in total. The van der Waals surface area contributed by atoms with Gasteiger partial charge in [-0.15, -0.1) is 0 Å². The summed E-state index contributed by atoms with van der Waals surface area (Å²) in [5, 5.41) is 21.4. The number of aromatic hydroxyl groups is 2. The van der Waals surface area contributed by atoms with Gasteiger partial charge in [-0.3, -0.25) is 9.98 Å². The van der Waals surface area contributed by atoms with Gasteiger partial charge in [0, 0.05) is 34.7 Å². The van der Waals surface area contributed by atoms with Crippen LogP contribution in [0, 0.1) is 0 Å². The van der Waals surface area contributed by atoms with E-state index >= 15 is 0 Å². The van der Waals surface area contributed by atoms with Gasteiger partial charge in [-0.1, -0.05) is 67.5 Å². The van der Waals surface area contributed by atoms with Gasteiger partial charge in [-0.05, 0) is 46.9 Å². The highest BCUT2D eigenvalue weighted by Gasteiger charge is 2.21. The van der Waals surface area contributed by atoms with Crippen molar-refractivity contribution >= 4 is 12.4 Å². The van der Waals surface area contributed by atoms with Crippen molar-refractivity contribution in [2.75, 3.05) is 6.67 Å². The molecule has 0 atom stereocenters. The van der Waals surface area contributed by atoms with E-state index in [4.69, 9.17) is 0 Å². The van der Waals surface area contributed by atoms with Crippen molar-refractivity contribution in [2.24, 2.45) is 9.98 Å². The van der Waals surface area contributed by atoms with Crippen LogP contribution in [0.5, 0.6) is 11.5 Å². The number of nitrogens with zero attached hydrogens (tertiary/aromatic N) is 2. The molecule has 0 aliphatic carbocycles. The highest BCUT2D eigenvalue weighted by Crippen LogP contribution is 2.35. The number of benzene rings is 2. The first-order valence-electron chi connectivity index (χ1n) is 11.1. The molecule has 0 aliphatic rings. The number of aryl methyl sites for hydroxylation is 2. The van der Waals surface area contributed by atoms with Gasteiger partial charge in [0.2, 0.25) is 0 Å². The third-order valence-corrected chi connectivity index (χ3v) is 5.45. The summed E-state index contributed by atoms with van der Waals surface area (Å²) in [6, 6.07) is 8.09. The van der Waals surface area contributed by atoms with E-state index in [0.717, 1.165) is 24.0 Å². The fraction of sp³-hybridized carbons (Fsp3) is 0.481. The lowest BCUT2D eigenvalue weighted by Gasteiger charge is -2.22. The fourth-order valence-corrected chi connectivity index (χ4v) is 3.51. The third kappa shape index (κ3) is 6.19. The minimum atomic E-state index is -0.150. The molecule has 0 spiro atoms. The maximum Gasteiger partial charge on any atom is 0.129 e. The summed E-state index contributed by atoms with van der Waals surface area (Å²) in [6.07, 6.45) is 5.16. The monoisotopic (exact) mass is 422 g/mol. The first-order valence-corrected chi connectivity index (χ1v) is 11.1. The zero-order valence-corrected chi connectivity index (χ0v) is 20.4. The Kier molecular flexibility index (Phi) is 7.69. The van der Waals surface area contributed by atoms with Gasteiger partial charge in [0.15, 0.2) is 0 Å². The van der Waals surface area contributed by atoms with Gasteiger partial charge in [0.1, 0.15) is 18.2 Å². The maximum atomic E-state index is 10.7. The molecule has 168 valence electrons. The Labute approximate surface area is 187 Å². The lowest BCUT2D eigenvalue weighted by Crippen LogP contribution is -2.13. The molecule has 2 rings (SSSR count). The molecule has 0 aliphatic heterocycles. The second kappa shape index (κ2) is 9.67. The van der Waals surface area contributed by atoms with Crippen LogP contribution in [-0.4, -0.2) is 29.3 Å². The van der Waals surface area contributed by atoms with Gasteiger partial charge in [0.25, 0.3) is 0 Å². The number of phenolic OH excluding ortho intramolecular Hbond substituents is 2. The van der Waals surface area contributed by atoms with Gasteiger partial charge in [-0.25, -0.2) is 0 Å². The maximum absolute atomic E-state index is 10.7. The molecular weight excluding hydrogens is 384 g/mol. The minimum Gasteiger partial charge on any atom is -0.507 e. The SMILES string of the molecule is CCc1cc(C=NCN=Cc2cc(CC)cc(C(C)(C)C)c2O)c(O)c(C(C)(C)C)c1. The van der Waals surface area contributed by atoms with E-state index in [1.165, 1.54) is 11.1 Å². The number of hydrogen-bond acceptors (Lipinski definition) is 4. The van der Waals surface area contributed by atoms with Crippen molar-refractivity contribution < 1.29 is 10.2 Å². The zero-order chi connectivity index (χ0) is 23.4. The van der Waals surface area contributed by atoms with Crippen molar-refractivity contribution in [1.29, 1.82) is 0 Å². The van der Waals surface area contributed by atoms with Crippen molar-refractivity contribution in [3.05, 3.63) is 57.6 Å². The molecular formula is C27H38N2O2. The lowest BCUT2D eigenvalue weighted by molar-refractivity contribution is 0.445. The molecule has 31 heavy (non-hydrogen) atoms. The second-order valence-electron chi connectivity index (χ2n) is 10.1. The third-order valence-electron chi connectivity index (χ3n) is 5.45. The largest absolute Gasteiger partial charge is 0.507 e. The minimum absolute atomic E-state index is 0.150. The average molecular weight is 423 g/mol. The van der Waals surface area contributed by atoms with Crippen LogP contribution >= 0.6 is 0 Å².